The molecule has 1 fully saturated rings. The van der Waals surface area contributed by atoms with E-state index in [-0.39, 0.29) is 0 Å². The van der Waals surface area contributed by atoms with Crippen molar-refractivity contribution in [2.24, 2.45) is 5.92 Å². The SMILES string of the molecule is CC(=CC1CCCCC1)CCl. The third kappa shape index (κ3) is 3.29. The zero-order valence-corrected chi connectivity index (χ0v) is 8.03. The van der Waals surface area contributed by atoms with Crippen molar-refractivity contribution in [3.05, 3.63) is 11.6 Å². The highest BCUT2D eigenvalue weighted by Gasteiger charge is 2.10. The van der Waals surface area contributed by atoms with Gasteiger partial charge in [0.25, 0.3) is 0 Å². The zero-order valence-electron chi connectivity index (χ0n) is 7.28. The molecule has 1 rings (SSSR count). The van der Waals surface area contributed by atoms with Crippen LogP contribution < -0.4 is 0 Å². The third-order valence-electron chi connectivity index (χ3n) is 2.38. The predicted molar refractivity (Wildman–Crippen MR) is 51.1 cm³/mol. The monoisotopic (exact) mass is 172 g/mol. The van der Waals surface area contributed by atoms with Crippen LogP contribution in [0.4, 0.5) is 0 Å². The predicted octanol–water partition coefficient (Wildman–Crippen LogP) is 3.75. The molecule has 0 N–H and O–H groups in total. The maximum Gasteiger partial charge on any atom is 0.0430 e. The molecule has 11 heavy (non-hydrogen) atoms. The van der Waals surface area contributed by atoms with E-state index in [0.717, 1.165) is 5.92 Å². The van der Waals surface area contributed by atoms with Crippen LogP contribution in [0.5, 0.6) is 0 Å². The van der Waals surface area contributed by atoms with E-state index in [0.29, 0.717) is 5.88 Å². The van der Waals surface area contributed by atoms with Gasteiger partial charge in [0.1, 0.15) is 0 Å². The van der Waals surface area contributed by atoms with Crippen LogP contribution >= 0.6 is 11.6 Å². The molecule has 0 bridgehead atoms. The molecule has 1 saturated carbocycles. The van der Waals surface area contributed by atoms with Crippen molar-refractivity contribution in [1.29, 1.82) is 0 Å². The summed E-state index contributed by atoms with van der Waals surface area (Å²) in [5.74, 6) is 1.54. The summed E-state index contributed by atoms with van der Waals surface area (Å²) < 4.78 is 0. The molecule has 1 aliphatic rings. The highest BCUT2D eigenvalue weighted by molar-refractivity contribution is 6.19. The van der Waals surface area contributed by atoms with Crippen molar-refractivity contribution in [2.75, 3.05) is 5.88 Å². The second-order valence-corrected chi connectivity index (χ2v) is 3.81. The Labute approximate surface area is 74.6 Å². The van der Waals surface area contributed by atoms with E-state index in [4.69, 9.17) is 11.6 Å². The Kier molecular flexibility index (Phi) is 3.99. The van der Waals surface area contributed by atoms with Gasteiger partial charge in [-0.2, -0.15) is 0 Å². The van der Waals surface area contributed by atoms with Crippen LogP contribution in [0.1, 0.15) is 39.0 Å². The van der Waals surface area contributed by atoms with E-state index < -0.39 is 0 Å². The Morgan fingerprint density at radius 1 is 1.36 bits per heavy atom. The Bertz CT molecular complexity index is 132. The van der Waals surface area contributed by atoms with Gasteiger partial charge in [0.2, 0.25) is 0 Å². The molecule has 1 heteroatoms. The average Bonchev–Trinajstić information content (AvgIpc) is 2.06. The molecule has 0 amide bonds. The lowest BCUT2D eigenvalue weighted by molar-refractivity contribution is 0.418. The van der Waals surface area contributed by atoms with Crippen molar-refractivity contribution < 1.29 is 0 Å². The standard InChI is InChI=1S/C10H17Cl/c1-9(8-11)7-10-5-3-2-4-6-10/h7,10H,2-6,8H2,1H3. The van der Waals surface area contributed by atoms with Gasteiger partial charge in [-0.15, -0.1) is 11.6 Å². The van der Waals surface area contributed by atoms with Gasteiger partial charge in [-0.25, -0.2) is 0 Å². The first-order valence-corrected chi connectivity index (χ1v) is 5.09. The first-order valence-electron chi connectivity index (χ1n) is 4.56. The molecule has 0 nitrogen and oxygen atoms in total. The van der Waals surface area contributed by atoms with Crippen LogP contribution in [0.2, 0.25) is 0 Å². The molecule has 0 atom stereocenters. The average molecular weight is 173 g/mol. The fourth-order valence-electron chi connectivity index (χ4n) is 1.75. The highest BCUT2D eigenvalue weighted by atomic mass is 35.5. The maximum absolute atomic E-state index is 5.70. The Hall–Kier alpha value is 0.0300. The molecule has 0 aromatic carbocycles. The molecule has 0 saturated heterocycles. The minimum atomic E-state index is 0.705. The van der Waals surface area contributed by atoms with Crippen LogP contribution in [0.3, 0.4) is 0 Å². The normalized spacial score (nSPS) is 22.2. The van der Waals surface area contributed by atoms with Crippen molar-refractivity contribution in [1.82, 2.24) is 0 Å². The number of hydrogen-bond donors (Lipinski definition) is 0. The van der Waals surface area contributed by atoms with Gasteiger partial charge in [-0.3, -0.25) is 0 Å². The zero-order chi connectivity index (χ0) is 8.10. The van der Waals surface area contributed by atoms with E-state index in [1.54, 1.807) is 0 Å². The molecular formula is C10H17Cl. The van der Waals surface area contributed by atoms with Gasteiger partial charge in [-0.1, -0.05) is 30.9 Å². The number of rotatable bonds is 2. The molecule has 64 valence electrons. The molecule has 0 aromatic heterocycles. The van der Waals surface area contributed by atoms with Gasteiger partial charge in [0, 0.05) is 5.88 Å². The van der Waals surface area contributed by atoms with E-state index >= 15 is 0 Å². The minimum absolute atomic E-state index is 0.705. The quantitative estimate of drug-likeness (QED) is 0.440. The molecule has 0 unspecified atom stereocenters. The number of alkyl halides is 1. The van der Waals surface area contributed by atoms with Gasteiger partial charge >= 0.3 is 0 Å². The first-order chi connectivity index (χ1) is 5.33. The number of halogens is 1. The van der Waals surface area contributed by atoms with Crippen molar-refractivity contribution >= 4 is 11.6 Å². The van der Waals surface area contributed by atoms with Crippen molar-refractivity contribution in [2.45, 2.75) is 39.0 Å². The Morgan fingerprint density at radius 3 is 2.55 bits per heavy atom. The summed E-state index contributed by atoms with van der Waals surface area (Å²) in [6.45, 7) is 2.13. The summed E-state index contributed by atoms with van der Waals surface area (Å²) in [4.78, 5) is 0. The van der Waals surface area contributed by atoms with Gasteiger partial charge < -0.3 is 0 Å². The summed E-state index contributed by atoms with van der Waals surface area (Å²) in [5.41, 5.74) is 1.35. The fraction of sp³-hybridized carbons (Fsp3) is 0.800. The van der Waals surface area contributed by atoms with Gasteiger partial charge in [0.15, 0.2) is 0 Å². The summed E-state index contributed by atoms with van der Waals surface area (Å²) in [5, 5.41) is 0. The summed E-state index contributed by atoms with van der Waals surface area (Å²) in [7, 11) is 0. The number of allylic oxidation sites excluding steroid dienone is 2. The van der Waals surface area contributed by atoms with E-state index in [1.165, 1.54) is 37.7 Å². The van der Waals surface area contributed by atoms with Crippen molar-refractivity contribution in [3.63, 3.8) is 0 Å². The summed E-state index contributed by atoms with van der Waals surface area (Å²) in [6, 6.07) is 0. The first kappa shape index (κ1) is 9.12. The molecule has 0 heterocycles. The Morgan fingerprint density at radius 2 is 2.00 bits per heavy atom. The lowest BCUT2D eigenvalue weighted by Gasteiger charge is -2.18. The topological polar surface area (TPSA) is 0 Å². The molecule has 0 spiro atoms. The molecule has 0 radical (unpaired) electrons. The highest BCUT2D eigenvalue weighted by Crippen LogP contribution is 2.25. The van der Waals surface area contributed by atoms with Crippen LogP contribution in [0.15, 0.2) is 11.6 Å². The van der Waals surface area contributed by atoms with Crippen molar-refractivity contribution in [3.8, 4) is 0 Å². The molecular weight excluding hydrogens is 156 g/mol. The third-order valence-corrected chi connectivity index (χ3v) is 2.80. The van der Waals surface area contributed by atoms with Gasteiger partial charge in [0.05, 0.1) is 0 Å². The van der Waals surface area contributed by atoms with E-state index in [1.807, 2.05) is 0 Å². The van der Waals surface area contributed by atoms with Crippen LogP contribution in [0.25, 0.3) is 0 Å². The fourth-order valence-corrected chi connectivity index (χ4v) is 1.84. The lowest BCUT2D eigenvalue weighted by atomic mass is 9.88. The number of hydrogen-bond acceptors (Lipinski definition) is 0. The molecule has 0 aliphatic heterocycles. The Balaban J connectivity index is 2.34. The largest absolute Gasteiger partial charge is 0.122 e. The second-order valence-electron chi connectivity index (χ2n) is 3.54. The van der Waals surface area contributed by atoms with Crippen LogP contribution in [-0.2, 0) is 0 Å². The molecule has 1 aliphatic carbocycles. The van der Waals surface area contributed by atoms with Crippen LogP contribution in [-0.4, -0.2) is 5.88 Å². The smallest absolute Gasteiger partial charge is 0.0430 e. The second kappa shape index (κ2) is 4.82. The summed E-state index contributed by atoms with van der Waals surface area (Å²) >= 11 is 5.70. The lowest BCUT2D eigenvalue weighted by Crippen LogP contribution is -2.03. The minimum Gasteiger partial charge on any atom is -0.122 e. The van der Waals surface area contributed by atoms with Crippen LogP contribution in [0, 0.1) is 5.92 Å². The van der Waals surface area contributed by atoms with Gasteiger partial charge in [-0.05, 0) is 25.7 Å². The summed E-state index contributed by atoms with van der Waals surface area (Å²) in [6.07, 6.45) is 9.40. The molecule has 0 aromatic rings. The maximum atomic E-state index is 5.70. The van der Waals surface area contributed by atoms with E-state index in [9.17, 15) is 0 Å². The van der Waals surface area contributed by atoms with E-state index in [2.05, 4.69) is 13.0 Å².